The number of nitrogens with one attached hydrogen (secondary N) is 1. The van der Waals surface area contributed by atoms with Gasteiger partial charge in [-0.25, -0.2) is 9.78 Å². The Bertz CT molecular complexity index is 561. The lowest BCUT2D eigenvalue weighted by Crippen LogP contribution is -2.50. The molecular formula is C18H28N4O3. The van der Waals surface area contributed by atoms with Crippen molar-refractivity contribution < 1.29 is 14.3 Å². The first-order chi connectivity index (χ1) is 12.3. The third-order valence-electron chi connectivity index (χ3n) is 4.71. The Morgan fingerprint density at radius 2 is 2.20 bits per heavy atom. The highest BCUT2D eigenvalue weighted by atomic mass is 16.5. The van der Waals surface area contributed by atoms with E-state index in [1.54, 1.807) is 12.0 Å². The van der Waals surface area contributed by atoms with Crippen LogP contribution < -0.4 is 10.2 Å². The van der Waals surface area contributed by atoms with Crippen LogP contribution in [-0.2, 0) is 16.0 Å². The Balaban J connectivity index is 1.51. The predicted octanol–water partition coefficient (Wildman–Crippen LogP) is 1.63. The summed E-state index contributed by atoms with van der Waals surface area (Å²) in [4.78, 5) is 21.0. The number of amides is 2. The molecule has 2 saturated heterocycles. The summed E-state index contributed by atoms with van der Waals surface area (Å²) < 4.78 is 10.7. The van der Waals surface area contributed by atoms with Crippen LogP contribution in [0.25, 0.3) is 0 Å². The van der Waals surface area contributed by atoms with Gasteiger partial charge in [-0.2, -0.15) is 0 Å². The third kappa shape index (κ3) is 5.06. The van der Waals surface area contributed by atoms with Crippen molar-refractivity contribution in [1.82, 2.24) is 15.2 Å². The van der Waals surface area contributed by atoms with Crippen LogP contribution in [0.15, 0.2) is 18.3 Å². The molecule has 0 saturated carbocycles. The molecule has 0 radical (unpaired) electrons. The molecule has 7 nitrogen and oxygen atoms in total. The molecule has 7 heteroatoms. The van der Waals surface area contributed by atoms with Gasteiger partial charge in [0, 0.05) is 39.5 Å². The molecule has 0 aliphatic carbocycles. The summed E-state index contributed by atoms with van der Waals surface area (Å²) in [6, 6.07) is 3.99. The van der Waals surface area contributed by atoms with Crippen LogP contribution in [0, 0.1) is 0 Å². The number of aromatic nitrogens is 1. The van der Waals surface area contributed by atoms with E-state index in [0.29, 0.717) is 32.8 Å². The number of piperidine rings is 1. The Kier molecular flexibility index (Phi) is 6.47. The molecule has 1 atom stereocenters. The van der Waals surface area contributed by atoms with Crippen LogP contribution in [0.3, 0.4) is 0 Å². The van der Waals surface area contributed by atoms with E-state index in [-0.39, 0.29) is 12.1 Å². The fraction of sp³-hybridized carbons (Fsp3) is 0.667. The first kappa shape index (κ1) is 17.9. The topological polar surface area (TPSA) is 66.9 Å². The summed E-state index contributed by atoms with van der Waals surface area (Å²) >= 11 is 0. The molecule has 0 spiro atoms. The Morgan fingerprint density at radius 3 is 3.00 bits per heavy atom. The molecule has 1 aromatic rings. The van der Waals surface area contributed by atoms with E-state index in [9.17, 15) is 4.79 Å². The number of methoxy groups -OCH3 is 1. The van der Waals surface area contributed by atoms with E-state index < -0.39 is 0 Å². The maximum atomic E-state index is 12.4. The van der Waals surface area contributed by atoms with Gasteiger partial charge in [-0.3, -0.25) is 0 Å². The molecule has 1 N–H and O–H groups in total. The second-order valence-corrected chi connectivity index (χ2v) is 6.62. The van der Waals surface area contributed by atoms with Gasteiger partial charge in [-0.15, -0.1) is 0 Å². The third-order valence-corrected chi connectivity index (χ3v) is 4.71. The van der Waals surface area contributed by atoms with Crippen LogP contribution in [0.4, 0.5) is 10.6 Å². The quantitative estimate of drug-likeness (QED) is 0.876. The highest BCUT2D eigenvalue weighted by Crippen LogP contribution is 2.18. The number of morpholine rings is 1. The molecule has 0 aromatic carbocycles. The molecule has 0 bridgehead atoms. The molecule has 2 fully saturated rings. The summed E-state index contributed by atoms with van der Waals surface area (Å²) in [5, 5.41) is 3.01. The number of pyridine rings is 1. The number of anilines is 1. The van der Waals surface area contributed by atoms with Crippen LogP contribution in [-0.4, -0.2) is 68.5 Å². The second kappa shape index (κ2) is 9.01. The first-order valence-electron chi connectivity index (χ1n) is 9.09. The van der Waals surface area contributed by atoms with Gasteiger partial charge < -0.3 is 24.6 Å². The van der Waals surface area contributed by atoms with Crippen molar-refractivity contribution >= 4 is 11.8 Å². The number of urea groups is 1. The lowest BCUT2D eigenvalue weighted by Gasteiger charge is -2.32. The Morgan fingerprint density at radius 1 is 1.36 bits per heavy atom. The van der Waals surface area contributed by atoms with Crippen LogP contribution in [0.2, 0.25) is 0 Å². The van der Waals surface area contributed by atoms with E-state index in [2.05, 4.69) is 21.3 Å². The smallest absolute Gasteiger partial charge is 0.317 e. The average Bonchev–Trinajstić information content (AvgIpc) is 2.67. The normalized spacial score (nSPS) is 21.2. The fourth-order valence-electron chi connectivity index (χ4n) is 3.35. The van der Waals surface area contributed by atoms with E-state index in [0.717, 1.165) is 24.5 Å². The summed E-state index contributed by atoms with van der Waals surface area (Å²) in [6.45, 7) is 4.88. The molecule has 3 rings (SSSR count). The highest BCUT2D eigenvalue weighted by Gasteiger charge is 2.24. The molecule has 2 amide bonds. The van der Waals surface area contributed by atoms with Gasteiger partial charge in [0.2, 0.25) is 0 Å². The number of nitrogens with zero attached hydrogens (tertiary/aromatic N) is 3. The number of carbonyl (C=O) groups is 1. The molecular weight excluding hydrogens is 320 g/mol. The summed E-state index contributed by atoms with van der Waals surface area (Å²) in [7, 11) is 1.64. The van der Waals surface area contributed by atoms with Crippen LogP contribution in [0.1, 0.15) is 24.8 Å². The molecule has 1 unspecified atom stereocenters. The van der Waals surface area contributed by atoms with Gasteiger partial charge >= 0.3 is 6.03 Å². The zero-order valence-electron chi connectivity index (χ0n) is 14.9. The zero-order chi connectivity index (χ0) is 17.5. The minimum atomic E-state index is -0.0549. The second-order valence-electron chi connectivity index (χ2n) is 6.62. The van der Waals surface area contributed by atoms with Crippen molar-refractivity contribution in [2.75, 3.05) is 51.4 Å². The van der Waals surface area contributed by atoms with Crippen molar-refractivity contribution in [3.8, 4) is 0 Å². The van der Waals surface area contributed by atoms with Crippen LogP contribution >= 0.6 is 0 Å². The monoisotopic (exact) mass is 348 g/mol. The van der Waals surface area contributed by atoms with Crippen molar-refractivity contribution in [3.05, 3.63) is 23.9 Å². The lowest BCUT2D eigenvalue weighted by molar-refractivity contribution is -0.0494. The van der Waals surface area contributed by atoms with Gasteiger partial charge in [0.1, 0.15) is 5.82 Å². The largest absolute Gasteiger partial charge is 0.382 e. The molecule has 25 heavy (non-hydrogen) atoms. The van der Waals surface area contributed by atoms with E-state index in [1.165, 1.54) is 19.3 Å². The van der Waals surface area contributed by atoms with Crippen molar-refractivity contribution in [2.24, 2.45) is 0 Å². The average molecular weight is 348 g/mol. The molecule has 138 valence electrons. The molecule has 2 aliphatic heterocycles. The predicted molar refractivity (Wildman–Crippen MR) is 95.7 cm³/mol. The Hall–Kier alpha value is -1.86. The summed E-state index contributed by atoms with van der Waals surface area (Å²) in [6.07, 6.45) is 5.53. The maximum Gasteiger partial charge on any atom is 0.317 e. The maximum absolute atomic E-state index is 12.4. The van der Waals surface area contributed by atoms with Gasteiger partial charge in [0.05, 0.1) is 25.9 Å². The van der Waals surface area contributed by atoms with Crippen molar-refractivity contribution in [1.29, 1.82) is 0 Å². The van der Waals surface area contributed by atoms with E-state index >= 15 is 0 Å². The minimum Gasteiger partial charge on any atom is -0.382 e. The highest BCUT2D eigenvalue weighted by molar-refractivity contribution is 5.74. The number of ether oxygens (including phenoxy) is 2. The number of hydrogen-bond donors (Lipinski definition) is 1. The Labute approximate surface area is 149 Å². The van der Waals surface area contributed by atoms with Crippen molar-refractivity contribution in [3.63, 3.8) is 0 Å². The summed E-state index contributed by atoms with van der Waals surface area (Å²) in [5.41, 5.74) is 1.07. The van der Waals surface area contributed by atoms with Gasteiger partial charge in [-0.1, -0.05) is 0 Å². The van der Waals surface area contributed by atoms with Crippen LogP contribution in [0.5, 0.6) is 0 Å². The van der Waals surface area contributed by atoms with Gasteiger partial charge in [-0.05, 0) is 37.0 Å². The lowest BCUT2D eigenvalue weighted by atomic mass is 10.1. The SMILES string of the molecule is COCC1CN(C(=O)NCc2ccnc(N3CCCCC3)c2)CCO1. The first-order valence-corrected chi connectivity index (χ1v) is 9.09. The van der Waals surface area contributed by atoms with Gasteiger partial charge in [0.25, 0.3) is 0 Å². The van der Waals surface area contributed by atoms with E-state index in [1.807, 2.05) is 12.3 Å². The molecule has 1 aromatic heterocycles. The number of carbonyl (C=O) groups excluding carboxylic acids is 1. The summed E-state index contributed by atoms with van der Waals surface area (Å²) in [5.74, 6) is 1.01. The zero-order valence-corrected chi connectivity index (χ0v) is 14.9. The van der Waals surface area contributed by atoms with Crippen molar-refractivity contribution in [2.45, 2.75) is 31.9 Å². The van der Waals surface area contributed by atoms with Gasteiger partial charge in [0.15, 0.2) is 0 Å². The minimum absolute atomic E-state index is 0.0453. The molecule has 3 heterocycles. The number of rotatable bonds is 5. The standard InChI is InChI=1S/C18H28N4O3/c1-24-14-16-13-22(9-10-25-16)18(23)20-12-15-5-6-19-17(11-15)21-7-3-2-4-8-21/h5-6,11,16H,2-4,7-10,12-14H2,1H3,(H,20,23). The number of hydrogen-bond acceptors (Lipinski definition) is 5. The van der Waals surface area contributed by atoms with E-state index in [4.69, 9.17) is 9.47 Å². The fourth-order valence-corrected chi connectivity index (χ4v) is 3.35. The molecule has 2 aliphatic rings.